The molecule has 0 spiro atoms. The molecule has 0 aliphatic heterocycles. The summed E-state index contributed by atoms with van der Waals surface area (Å²) in [5.74, 6) is 0. The molecule has 0 fully saturated rings. The predicted molar refractivity (Wildman–Crippen MR) is 31.0 cm³/mol. The first-order valence-electron chi connectivity index (χ1n) is 2.14. The number of aromatic nitrogens is 2. The van der Waals surface area contributed by atoms with Crippen LogP contribution < -0.4 is 0 Å². The van der Waals surface area contributed by atoms with Crippen molar-refractivity contribution < 1.29 is 0 Å². The Hall–Kier alpha value is -0.360. The van der Waals surface area contributed by atoms with Gasteiger partial charge < -0.3 is 0 Å². The molecule has 0 aliphatic carbocycles. The van der Waals surface area contributed by atoms with Gasteiger partial charge in [0.1, 0.15) is 0 Å². The summed E-state index contributed by atoms with van der Waals surface area (Å²) in [6.07, 6.45) is 0. The molecule has 0 atom stereocenters. The van der Waals surface area contributed by atoms with E-state index >= 15 is 0 Å². The summed E-state index contributed by atoms with van der Waals surface area (Å²) in [5.41, 5.74) is 2.19. The zero-order valence-electron chi connectivity index (χ0n) is 4.39. The summed E-state index contributed by atoms with van der Waals surface area (Å²) in [6.45, 7) is 3.97. The van der Waals surface area contributed by atoms with Crippen molar-refractivity contribution >= 4 is 8.51 Å². The van der Waals surface area contributed by atoms with Crippen molar-refractivity contribution in [2.75, 3.05) is 0 Å². The van der Waals surface area contributed by atoms with Crippen LogP contribution in [0.5, 0.6) is 0 Å². The van der Waals surface area contributed by atoms with Crippen LogP contribution in [-0.4, -0.2) is 9.49 Å². The second kappa shape index (κ2) is 1.63. The summed E-state index contributed by atoms with van der Waals surface area (Å²) in [6, 6.07) is 0. The lowest BCUT2D eigenvalue weighted by molar-refractivity contribution is 1.22. The third-order valence-electron chi connectivity index (χ3n) is 0.959. The van der Waals surface area contributed by atoms with Crippen molar-refractivity contribution in [1.82, 2.24) is 9.49 Å². The van der Waals surface area contributed by atoms with E-state index in [1.807, 2.05) is 13.8 Å². The highest BCUT2D eigenvalue weighted by atomic mass is 31.1. The second-order valence-corrected chi connectivity index (χ2v) is 2.14. The number of hydrogen-bond donors (Lipinski definition) is 0. The fraction of sp³-hybridized carbons (Fsp3) is 0.500. The smallest absolute Gasteiger partial charge is 0.0644 e. The van der Waals surface area contributed by atoms with Crippen molar-refractivity contribution in [3.05, 3.63) is 11.4 Å². The van der Waals surface area contributed by atoms with E-state index in [9.17, 15) is 0 Å². The van der Waals surface area contributed by atoms with E-state index in [-0.39, 0.29) is 0 Å². The molecule has 0 aliphatic rings. The molecule has 1 rings (SSSR count). The van der Waals surface area contributed by atoms with Gasteiger partial charge in [0.2, 0.25) is 0 Å². The van der Waals surface area contributed by atoms with Crippen molar-refractivity contribution in [2.24, 2.45) is 0 Å². The number of rotatable bonds is 0. The highest BCUT2D eigenvalue weighted by molar-refractivity contribution is 7.20. The number of aryl methyl sites for hydroxylation is 2. The number of hydrogen-bond acceptors (Lipinski definition) is 2. The molecular formula is C4H7N2P. The Labute approximate surface area is 44.2 Å². The topological polar surface area (TPSA) is 25.8 Å². The molecule has 0 saturated carbocycles. The van der Waals surface area contributed by atoms with Crippen LogP contribution in [0.4, 0.5) is 0 Å². The average molecular weight is 114 g/mol. The van der Waals surface area contributed by atoms with Gasteiger partial charge in [-0.2, -0.15) is 0 Å². The number of nitrogens with zero attached hydrogens (tertiary/aromatic N) is 2. The Bertz CT molecular complexity index is 142. The van der Waals surface area contributed by atoms with Crippen LogP contribution in [0, 0.1) is 13.8 Å². The van der Waals surface area contributed by atoms with Gasteiger partial charge in [-0.15, -0.1) is 0 Å². The molecule has 1 aromatic heterocycles. The molecule has 7 heavy (non-hydrogen) atoms. The molecule has 0 unspecified atom stereocenters. The van der Waals surface area contributed by atoms with Gasteiger partial charge in [0.05, 0.1) is 19.9 Å². The molecule has 3 heteroatoms. The molecule has 0 saturated heterocycles. The van der Waals surface area contributed by atoms with Gasteiger partial charge in [0, 0.05) is 0 Å². The van der Waals surface area contributed by atoms with Crippen molar-refractivity contribution in [1.29, 1.82) is 0 Å². The van der Waals surface area contributed by atoms with Gasteiger partial charge >= 0.3 is 0 Å². The minimum atomic E-state index is 0.445. The van der Waals surface area contributed by atoms with Crippen LogP contribution in [0.1, 0.15) is 11.4 Å². The fourth-order valence-corrected chi connectivity index (χ4v) is 1.01. The highest BCUT2D eigenvalue weighted by Gasteiger charge is 1.89. The Morgan fingerprint density at radius 2 is 1.57 bits per heavy atom. The van der Waals surface area contributed by atoms with E-state index < -0.39 is 0 Å². The molecule has 0 amide bonds. The third kappa shape index (κ3) is 0.804. The summed E-state index contributed by atoms with van der Waals surface area (Å²) in [7, 11) is 0.445. The lowest BCUT2D eigenvalue weighted by atomic mass is 10.4. The summed E-state index contributed by atoms with van der Waals surface area (Å²) in [5, 5.41) is 0. The Morgan fingerprint density at radius 1 is 1.14 bits per heavy atom. The molecule has 38 valence electrons. The molecule has 0 radical (unpaired) electrons. The lowest BCUT2D eigenvalue weighted by Crippen LogP contribution is -1.71. The minimum absolute atomic E-state index is 0.445. The summed E-state index contributed by atoms with van der Waals surface area (Å²) in [4.78, 5) is 0. The van der Waals surface area contributed by atoms with Gasteiger partial charge in [-0.25, -0.2) is 9.49 Å². The molecule has 1 heterocycles. The van der Waals surface area contributed by atoms with Gasteiger partial charge in [0.15, 0.2) is 0 Å². The monoisotopic (exact) mass is 114 g/mol. The summed E-state index contributed by atoms with van der Waals surface area (Å²) >= 11 is 0. The Kier molecular flexibility index (Phi) is 1.11. The molecule has 0 aromatic carbocycles. The van der Waals surface area contributed by atoms with Crippen LogP contribution in [0.25, 0.3) is 0 Å². The zero-order valence-corrected chi connectivity index (χ0v) is 5.39. The largest absolute Gasteiger partial charge is 0.225 e. The van der Waals surface area contributed by atoms with Crippen LogP contribution in [0.2, 0.25) is 0 Å². The van der Waals surface area contributed by atoms with E-state index in [4.69, 9.17) is 0 Å². The van der Waals surface area contributed by atoms with Crippen LogP contribution in [0.3, 0.4) is 0 Å². The quantitative estimate of drug-likeness (QED) is 0.505. The second-order valence-electron chi connectivity index (χ2n) is 1.49. The van der Waals surface area contributed by atoms with Crippen molar-refractivity contribution in [3.8, 4) is 0 Å². The van der Waals surface area contributed by atoms with Gasteiger partial charge in [0.25, 0.3) is 0 Å². The Balaban J connectivity index is 3.12. The van der Waals surface area contributed by atoms with Crippen molar-refractivity contribution in [2.45, 2.75) is 13.8 Å². The first-order valence-corrected chi connectivity index (χ1v) is 3.04. The first kappa shape index (κ1) is 4.79. The minimum Gasteiger partial charge on any atom is -0.225 e. The standard InChI is InChI=1S/C4H7N2P/c1-3-4(2)6-7-5-3/h7H,1-2H3. The maximum Gasteiger partial charge on any atom is 0.0644 e. The lowest BCUT2D eigenvalue weighted by Gasteiger charge is -1.76. The van der Waals surface area contributed by atoms with E-state index in [1.54, 1.807) is 0 Å². The molecule has 1 aromatic rings. The SMILES string of the molecule is Cc1n[pH]nc1C. The molecule has 0 N–H and O–H groups in total. The maximum absolute atomic E-state index is 4.06. The predicted octanol–water partition coefficient (Wildman–Crippen LogP) is 1.12. The average Bonchev–Trinajstić information content (AvgIpc) is 1.91. The molecule has 2 nitrogen and oxygen atoms in total. The maximum atomic E-state index is 4.06. The zero-order chi connectivity index (χ0) is 5.28. The summed E-state index contributed by atoms with van der Waals surface area (Å²) < 4.78 is 8.12. The third-order valence-corrected chi connectivity index (χ3v) is 1.83. The van der Waals surface area contributed by atoms with E-state index in [0.717, 1.165) is 11.4 Å². The van der Waals surface area contributed by atoms with E-state index in [2.05, 4.69) is 9.49 Å². The van der Waals surface area contributed by atoms with Gasteiger partial charge in [-0.05, 0) is 13.8 Å². The van der Waals surface area contributed by atoms with Crippen LogP contribution in [0.15, 0.2) is 0 Å². The van der Waals surface area contributed by atoms with E-state index in [0.29, 0.717) is 8.51 Å². The van der Waals surface area contributed by atoms with Gasteiger partial charge in [-0.3, -0.25) is 0 Å². The highest BCUT2D eigenvalue weighted by Crippen LogP contribution is 2.03. The van der Waals surface area contributed by atoms with Crippen LogP contribution in [-0.2, 0) is 0 Å². The van der Waals surface area contributed by atoms with E-state index in [1.165, 1.54) is 0 Å². The van der Waals surface area contributed by atoms with Crippen LogP contribution >= 0.6 is 8.51 Å². The first-order chi connectivity index (χ1) is 3.30. The Morgan fingerprint density at radius 3 is 1.71 bits per heavy atom. The van der Waals surface area contributed by atoms with Crippen molar-refractivity contribution in [3.63, 3.8) is 0 Å². The molecule has 0 bridgehead atoms. The van der Waals surface area contributed by atoms with Gasteiger partial charge in [-0.1, -0.05) is 0 Å². The normalized spacial score (nSPS) is 9.43. The molecular weight excluding hydrogens is 107 g/mol. The fourth-order valence-electron chi connectivity index (χ4n) is 0.337.